The molecule has 0 atom stereocenters. The van der Waals surface area contributed by atoms with E-state index in [1.54, 1.807) is 6.07 Å². The van der Waals surface area contributed by atoms with Gasteiger partial charge in [-0.3, -0.25) is 4.79 Å². The number of hydrogen-bond acceptors (Lipinski definition) is 1. The zero-order valence-corrected chi connectivity index (χ0v) is 11.8. The molecule has 98 valence electrons. The average Bonchev–Trinajstić information content (AvgIpc) is 2.63. The van der Waals surface area contributed by atoms with Gasteiger partial charge in [0, 0.05) is 12.3 Å². The Kier molecular flexibility index (Phi) is 2.88. The van der Waals surface area contributed by atoms with Crippen LogP contribution in [-0.2, 0) is 11.2 Å². The van der Waals surface area contributed by atoms with Gasteiger partial charge >= 0.3 is 0 Å². The maximum absolute atomic E-state index is 13.2. The molecule has 2 heteroatoms. The molecule has 0 aromatic heterocycles. The molecule has 1 nitrogen and oxygen atoms in total. The second-order valence-corrected chi connectivity index (χ2v) is 6.59. The summed E-state index contributed by atoms with van der Waals surface area (Å²) in [5.74, 6) is 0.0593. The third-order valence-corrected chi connectivity index (χ3v) is 5.02. The molecule has 2 rings (SSSR count). The van der Waals surface area contributed by atoms with Gasteiger partial charge in [0.15, 0.2) is 0 Å². The van der Waals surface area contributed by atoms with Gasteiger partial charge in [-0.05, 0) is 41.0 Å². The zero-order valence-electron chi connectivity index (χ0n) is 11.8. The van der Waals surface area contributed by atoms with Gasteiger partial charge < -0.3 is 0 Å². The van der Waals surface area contributed by atoms with Gasteiger partial charge in [-0.25, -0.2) is 4.39 Å². The molecule has 1 fully saturated rings. The van der Waals surface area contributed by atoms with Crippen LogP contribution < -0.4 is 0 Å². The molecular formula is C16H21FO. The summed E-state index contributed by atoms with van der Waals surface area (Å²) in [4.78, 5) is 12.3. The molecule has 18 heavy (non-hydrogen) atoms. The summed E-state index contributed by atoms with van der Waals surface area (Å²) in [6.07, 6.45) is 0.348. The van der Waals surface area contributed by atoms with Crippen molar-refractivity contribution in [3.05, 3.63) is 35.1 Å². The van der Waals surface area contributed by atoms with Crippen LogP contribution in [0.4, 0.5) is 4.39 Å². The van der Waals surface area contributed by atoms with Crippen molar-refractivity contribution in [2.75, 3.05) is 0 Å². The number of benzene rings is 1. The van der Waals surface area contributed by atoms with Crippen LogP contribution in [-0.4, -0.2) is 5.78 Å². The minimum Gasteiger partial charge on any atom is -0.299 e. The number of hydrogen-bond donors (Lipinski definition) is 0. The molecule has 0 saturated heterocycles. The van der Waals surface area contributed by atoms with Crippen molar-refractivity contribution in [1.82, 2.24) is 0 Å². The molecule has 1 aliphatic rings. The van der Waals surface area contributed by atoms with Crippen LogP contribution in [0.25, 0.3) is 0 Å². The summed E-state index contributed by atoms with van der Waals surface area (Å²) in [5.41, 5.74) is 1.93. The van der Waals surface area contributed by atoms with Gasteiger partial charge in [-0.15, -0.1) is 0 Å². The van der Waals surface area contributed by atoms with E-state index in [1.165, 1.54) is 12.1 Å². The van der Waals surface area contributed by atoms with Gasteiger partial charge in [0.2, 0.25) is 0 Å². The van der Waals surface area contributed by atoms with Crippen molar-refractivity contribution in [3.63, 3.8) is 0 Å². The summed E-state index contributed by atoms with van der Waals surface area (Å²) in [7, 11) is 0. The Hall–Kier alpha value is -1.18. The van der Waals surface area contributed by atoms with Gasteiger partial charge in [0.1, 0.15) is 11.6 Å². The lowest BCUT2D eigenvalue weighted by Gasteiger charge is -2.06. The number of ketones is 1. The fourth-order valence-electron chi connectivity index (χ4n) is 3.12. The molecule has 1 saturated carbocycles. The van der Waals surface area contributed by atoms with Gasteiger partial charge in [0.05, 0.1) is 0 Å². The molecule has 0 N–H and O–H groups in total. The molecule has 0 heterocycles. The van der Waals surface area contributed by atoms with Gasteiger partial charge in [-0.1, -0.05) is 33.8 Å². The Morgan fingerprint density at radius 2 is 1.78 bits per heavy atom. The highest BCUT2D eigenvalue weighted by atomic mass is 19.1. The number of aryl methyl sites for hydroxylation is 1. The van der Waals surface area contributed by atoms with E-state index in [9.17, 15) is 9.18 Å². The number of halogens is 1. The first kappa shape index (κ1) is 13.3. The standard InChI is InChI=1S/C16H21FO/c1-10-6-7-12(17)8-11(10)9-13(18)14-15(2,3)16(14,4)5/h6-8,14H,9H2,1-5H3. The van der Waals surface area contributed by atoms with E-state index in [0.717, 1.165) is 11.1 Å². The van der Waals surface area contributed by atoms with Crippen LogP contribution >= 0.6 is 0 Å². The second kappa shape index (κ2) is 3.91. The number of rotatable bonds is 3. The topological polar surface area (TPSA) is 17.1 Å². The molecule has 0 amide bonds. The van der Waals surface area contributed by atoms with E-state index < -0.39 is 0 Å². The number of Topliss-reactive ketones (excluding diaryl/α,β-unsaturated/α-hetero) is 1. The summed E-state index contributed by atoms with van der Waals surface area (Å²) < 4.78 is 13.2. The van der Waals surface area contributed by atoms with E-state index in [-0.39, 0.29) is 28.3 Å². The minimum atomic E-state index is -0.266. The van der Waals surface area contributed by atoms with E-state index in [4.69, 9.17) is 0 Å². The van der Waals surface area contributed by atoms with Crippen LogP contribution in [0.1, 0.15) is 38.8 Å². The van der Waals surface area contributed by atoms with Crippen molar-refractivity contribution in [3.8, 4) is 0 Å². The van der Waals surface area contributed by atoms with Crippen molar-refractivity contribution < 1.29 is 9.18 Å². The van der Waals surface area contributed by atoms with Crippen LogP contribution in [0.15, 0.2) is 18.2 Å². The van der Waals surface area contributed by atoms with Crippen molar-refractivity contribution >= 4 is 5.78 Å². The van der Waals surface area contributed by atoms with E-state index in [2.05, 4.69) is 27.7 Å². The summed E-state index contributed by atoms with van der Waals surface area (Å²) in [6.45, 7) is 10.5. The van der Waals surface area contributed by atoms with Crippen LogP contribution in [0.2, 0.25) is 0 Å². The predicted octanol–water partition coefficient (Wildman–Crippen LogP) is 3.93. The highest BCUT2D eigenvalue weighted by Crippen LogP contribution is 2.68. The van der Waals surface area contributed by atoms with Gasteiger partial charge in [-0.2, -0.15) is 0 Å². The fourth-order valence-corrected chi connectivity index (χ4v) is 3.12. The molecule has 0 radical (unpaired) electrons. The van der Waals surface area contributed by atoms with Crippen LogP contribution in [0.3, 0.4) is 0 Å². The molecular weight excluding hydrogens is 227 g/mol. The quantitative estimate of drug-likeness (QED) is 0.792. The van der Waals surface area contributed by atoms with E-state index >= 15 is 0 Å². The van der Waals surface area contributed by atoms with Crippen molar-refractivity contribution in [2.45, 2.75) is 41.0 Å². The molecule has 0 aliphatic heterocycles. The highest BCUT2D eigenvalue weighted by molar-refractivity contribution is 5.88. The summed E-state index contributed by atoms with van der Waals surface area (Å²) in [5, 5.41) is 0. The van der Waals surface area contributed by atoms with Crippen LogP contribution in [0, 0.1) is 29.5 Å². The average molecular weight is 248 g/mol. The normalized spacial score (nSPS) is 20.8. The lowest BCUT2D eigenvalue weighted by atomic mass is 9.98. The third-order valence-electron chi connectivity index (χ3n) is 5.02. The highest BCUT2D eigenvalue weighted by Gasteiger charge is 2.67. The minimum absolute atomic E-state index is 0.0608. The lowest BCUT2D eigenvalue weighted by Crippen LogP contribution is -2.11. The lowest BCUT2D eigenvalue weighted by molar-refractivity contribution is -0.120. The molecule has 0 bridgehead atoms. The molecule has 1 aromatic rings. The Labute approximate surface area is 108 Å². The number of carbonyl (C=O) groups excluding carboxylic acids is 1. The second-order valence-electron chi connectivity index (χ2n) is 6.59. The smallest absolute Gasteiger partial charge is 0.141 e. The third kappa shape index (κ3) is 1.88. The fraction of sp³-hybridized carbons (Fsp3) is 0.562. The number of carbonyl (C=O) groups is 1. The first-order valence-electron chi connectivity index (χ1n) is 6.45. The Balaban J connectivity index is 2.17. The molecule has 1 aliphatic carbocycles. The predicted molar refractivity (Wildman–Crippen MR) is 70.9 cm³/mol. The molecule has 1 aromatic carbocycles. The maximum Gasteiger partial charge on any atom is 0.141 e. The summed E-state index contributed by atoms with van der Waals surface area (Å²) >= 11 is 0. The first-order valence-corrected chi connectivity index (χ1v) is 6.45. The maximum atomic E-state index is 13.2. The molecule has 0 spiro atoms. The first-order chi connectivity index (χ1) is 8.18. The Morgan fingerprint density at radius 1 is 1.22 bits per heavy atom. The van der Waals surface area contributed by atoms with E-state index in [0.29, 0.717) is 6.42 Å². The van der Waals surface area contributed by atoms with Gasteiger partial charge in [0.25, 0.3) is 0 Å². The monoisotopic (exact) mass is 248 g/mol. The van der Waals surface area contributed by atoms with Crippen LogP contribution in [0.5, 0.6) is 0 Å². The van der Waals surface area contributed by atoms with Crippen molar-refractivity contribution in [2.24, 2.45) is 16.7 Å². The molecule has 0 unspecified atom stereocenters. The van der Waals surface area contributed by atoms with E-state index in [1.807, 2.05) is 6.92 Å². The van der Waals surface area contributed by atoms with Crippen molar-refractivity contribution in [1.29, 1.82) is 0 Å². The SMILES string of the molecule is Cc1ccc(F)cc1CC(=O)C1C(C)(C)C1(C)C. The Bertz CT molecular complexity index is 486. The summed E-state index contributed by atoms with van der Waals surface area (Å²) in [6, 6.07) is 4.66. The zero-order chi connectivity index (χ0) is 13.7. The largest absolute Gasteiger partial charge is 0.299 e. The Morgan fingerprint density at radius 3 is 2.28 bits per heavy atom.